The Kier molecular flexibility index (Phi) is 9.97. The molecule has 3 aromatic carbocycles. The molecular weight excluding hydrogens is 598 g/mol. The summed E-state index contributed by atoms with van der Waals surface area (Å²) in [5, 5.41) is 10.9. The van der Waals surface area contributed by atoms with Gasteiger partial charge in [0.2, 0.25) is 0 Å². The molecule has 0 radical (unpaired) electrons. The van der Waals surface area contributed by atoms with Gasteiger partial charge in [-0.1, -0.05) is 60.3 Å². The summed E-state index contributed by atoms with van der Waals surface area (Å²) in [4.78, 5) is 45.7. The number of alkyl carbamates (subject to hydrolysis) is 1. The summed E-state index contributed by atoms with van der Waals surface area (Å²) in [6, 6.07) is 27.1. The van der Waals surface area contributed by atoms with Crippen molar-refractivity contribution in [1.29, 1.82) is 0 Å². The first-order valence-electron chi connectivity index (χ1n) is 14.8. The first kappa shape index (κ1) is 32.2. The van der Waals surface area contributed by atoms with Crippen LogP contribution in [-0.4, -0.2) is 51.4 Å². The van der Waals surface area contributed by atoms with Gasteiger partial charge in [-0.05, 0) is 81.0 Å². The van der Waals surface area contributed by atoms with E-state index in [1.807, 2.05) is 97.1 Å². The predicted octanol–water partition coefficient (Wildman–Crippen LogP) is 6.89. The Morgan fingerprint density at radius 3 is 2.39 bits per heavy atom. The quantitative estimate of drug-likeness (QED) is 0.182. The molecule has 0 aliphatic rings. The number of pyridine rings is 1. The first-order valence-corrected chi connectivity index (χ1v) is 15.6. The number of rotatable bonds is 9. The van der Waals surface area contributed by atoms with Crippen molar-refractivity contribution in [2.45, 2.75) is 48.6 Å². The summed E-state index contributed by atoms with van der Waals surface area (Å²) in [5.74, 6) is -0.617. The van der Waals surface area contributed by atoms with Gasteiger partial charge < -0.3 is 15.4 Å². The SMILES string of the molecule is CNC(=O)c1ccccc1Sc1ccc2c(/C=C/c3ccccn3)nn(C(=O)[C@H](Cc3ccccc3)NC(=O)OC(C)(C)C)c2c1. The van der Waals surface area contributed by atoms with E-state index in [-0.39, 0.29) is 12.3 Å². The largest absolute Gasteiger partial charge is 0.444 e. The fraction of sp³-hybridized carbons (Fsp3) is 0.194. The number of carbonyl (C=O) groups excluding carboxylic acids is 3. The van der Waals surface area contributed by atoms with Gasteiger partial charge in [0.05, 0.1) is 22.5 Å². The Hall–Kier alpha value is -5.22. The van der Waals surface area contributed by atoms with Gasteiger partial charge in [0.25, 0.3) is 11.8 Å². The van der Waals surface area contributed by atoms with Crippen LogP contribution in [0.1, 0.15) is 52.9 Å². The van der Waals surface area contributed by atoms with Crippen molar-refractivity contribution in [1.82, 2.24) is 25.4 Å². The Morgan fingerprint density at radius 2 is 1.67 bits per heavy atom. The number of carbonyl (C=O) groups is 3. The Morgan fingerprint density at radius 1 is 0.935 bits per heavy atom. The maximum Gasteiger partial charge on any atom is 0.408 e. The standard InChI is InChI=1S/C36H35N5O4S/c1-36(2,3)45-35(44)39-30(22-24-12-6-5-7-13-24)34(43)41-31-23-26(46-32-16-9-8-15-28(32)33(42)37-4)18-19-27(31)29(40-41)20-17-25-14-10-11-21-38-25/h5-21,23,30H,22H2,1-4H3,(H,37,42)(H,39,44)/b20-17+/t30-/m0/s1. The van der Waals surface area contributed by atoms with E-state index in [0.29, 0.717) is 16.8 Å². The summed E-state index contributed by atoms with van der Waals surface area (Å²) in [7, 11) is 1.59. The van der Waals surface area contributed by atoms with E-state index in [2.05, 4.69) is 15.6 Å². The molecule has 0 saturated heterocycles. The summed E-state index contributed by atoms with van der Waals surface area (Å²) >= 11 is 1.41. The smallest absolute Gasteiger partial charge is 0.408 e. The van der Waals surface area contributed by atoms with Crippen molar-refractivity contribution in [3.63, 3.8) is 0 Å². The number of hydrogen-bond donors (Lipinski definition) is 2. The highest BCUT2D eigenvalue weighted by atomic mass is 32.2. The molecule has 234 valence electrons. The Balaban J connectivity index is 1.58. The zero-order valence-electron chi connectivity index (χ0n) is 26.1. The molecule has 5 aromatic rings. The lowest BCUT2D eigenvalue weighted by molar-refractivity contribution is 0.0481. The average Bonchev–Trinajstić information content (AvgIpc) is 3.41. The molecule has 0 aliphatic carbocycles. The number of benzene rings is 3. The minimum atomic E-state index is -0.974. The molecule has 0 fully saturated rings. The number of fused-ring (bicyclic) bond motifs is 1. The molecule has 9 nitrogen and oxygen atoms in total. The Bertz CT molecular complexity index is 1880. The fourth-order valence-corrected chi connectivity index (χ4v) is 5.74. The van der Waals surface area contributed by atoms with Crippen LogP contribution < -0.4 is 10.6 Å². The average molecular weight is 634 g/mol. The van der Waals surface area contributed by atoms with Gasteiger partial charge in [-0.3, -0.25) is 14.6 Å². The second-order valence-electron chi connectivity index (χ2n) is 11.5. The molecule has 1 atom stereocenters. The molecule has 2 N–H and O–H groups in total. The lowest BCUT2D eigenvalue weighted by atomic mass is 10.1. The van der Waals surface area contributed by atoms with Crippen LogP contribution in [0.25, 0.3) is 23.1 Å². The number of nitrogens with zero attached hydrogens (tertiary/aromatic N) is 3. The normalized spacial score (nSPS) is 12.2. The van der Waals surface area contributed by atoms with Gasteiger partial charge in [0, 0.05) is 34.8 Å². The molecule has 2 amide bonds. The van der Waals surface area contributed by atoms with Gasteiger partial charge in [-0.15, -0.1) is 0 Å². The summed E-state index contributed by atoms with van der Waals surface area (Å²) in [6.45, 7) is 5.30. The van der Waals surface area contributed by atoms with Crippen molar-refractivity contribution in [3.8, 4) is 0 Å². The van der Waals surface area contributed by atoms with E-state index in [1.54, 1.807) is 40.1 Å². The Labute approximate surface area is 272 Å². The van der Waals surface area contributed by atoms with Gasteiger partial charge in [-0.25, -0.2) is 4.79 Å². The number of amides is 2. The highest BCUT2D eigenvalue weighted by Gasteiger charge is 2.28. The third kappa shape index (κ3) is 8.08. The van der Waals surface area contributed by atoms with Crippen LogP contribution in [-0.2, 0) is 11.2 Å². The van der Waals surface area contributed by atoms with E-state index in [4.69, 9.17) is 9.84 Å². The van der Waals surface area contributed by atoms with Crippen molar-refractivity contribution >= 4 is 52.7 Å². The van der Waals surface area contributed by atoms with E-state index in [1.165, 1.54) is 16.4 Å². The molecular formula is C36H35N5O4S. The maximum atomic E-state index is 14.3. The van der Waals surface area contributed by atoms with Crippen LogP contribution in [0.4, 0.5) is 4.79 Å². The molecule has 0 spiro atoms. The monoisotopic (exact) mass is 633 g/mol. The van der Waals surface area contributed by atoms with Gasteiger partial charge >= 0.3 is 6.09 Å². The molecule has 2 aromatic heterocycles. The summed E-state index contributed by atoms with van der Waals surface area (Å²) < 4.78 is 6.85. The van der Waals surface area contributed by atoms with Crippen molar-refractivity contribution < 1.29 is 19.1 Å². The number of hydrogen-bond acceptors (Lipinski definition) is 7. The molecule has 0 aliphatic heterocycles. The van der Waals surface area contributed by atoms with Crippen LogP contribution in [0.5, 0.6) is 0 Å². The van der Waals surface area contributed by atoms with Crippen LogP contribution >= 0.6 is 11.8 Å². The topological polar surface area (TPSA) is 115 Å². The molecule has 5 rings (SSSR count). The van der Waals surface area contributed by atoms with Crippen LogP contribution in [0, 0.1) is 0 Å². The number of ether oxygens (including phenoxy) is 1. The van der Waals surface area contributed by atoms with E-state index >= 15 is 0 Å². The van der Waals surface area contributed by atoms with Crippen LogP contribution in [0.3, 0.4) is 0 Å². The molecule has 46 heavy (non-hydrogen) atoms. The third-order valence-electron chi connectivity index (χ3n) is 6.85. The zero-order valence-corrected chi connectivity index (χ0v) is 26.9. The highest BCUT2D eigenvalue weighted by molar-refractivity contribution is 7.99. The van der Waals surface area contributed by atoms with Gasteiger partial charge in [0.15, 0.2) is 0 Å². The predicted molar refractivity (Wildman–Crippen MR) is 181 cm³/mol. The lowest BCUT2D eigenvalue weighted by Gasteiger charge is -2.23. The van der Waals surface area contributed by atoms with Crippen LogP contribution in [0.15, 0.2) is 107 Å². The number of aromatic nitrogens is 3. The number of nitrogens with one attached hydrogen (secondary N) is 2. The van der Waals surface area contributed by atoms with Gasteiger partial charge in [0.1, 0.15) is 11.6 Å². The fourth-order valence-electron chi connectivity index (χ4n) is 4.76. The zero-order chi connectivity index (χ0) is 32.7. The van der Waals surface area contributed by atoms with E-state index in [0.717, 1.165) is 26.4 Å². The minimum Gasteiger partial charge on any atom is -0.444 e. The minimum absolute atomic E-state index is 0.191. The van der Waals surface area contributed by atoms with E-state index < -0.39 is 23.6 Å². The molecule has 10 heteroatoms. The van der Waals surface area contributed by atoms with Crippen molar-refractivity contribution in [2.24, 2.45) is 0 Å². The highest BCUT2D eigenvalue weighted by Crippen LogP contribution is 2.34. The van der Waals surface area contributed by atoms with Crippen molar-refractivity contribution in [2.75, 3.05) is 7.05 Å². The van der Waals surface area contributed by atoms with Gasteiger partial charge in [-0.2, -0.15) is 9.78 Å². The van der Waals surface area contributed by atoms with E-state index in [9.17, 15) is 14.4 Å². The molecule has 2 heterocycles. The molecule has 0 unspecified atom stereocenters. The second kappa shape index (κ2) is 14.3. The first-order chi connectivity index (χ1) is 22.1. The van der Waals surface area contributed by atoms with Crippen LogP contribution in [0.2, 0.25) is 0 Å². The maximum absolute atomic E-state index is 14.3. The lowest BCUT2D eigenvalue weighted by Crippen LogP contribution is -2.46. The summed E-state index contributed by atoms with van der Waals surface area (Å²) in [6.07, 6.45) is 4.88. The molecule has 0 bridgehead atoms. The van der Waals surface area contributed by atoms with Crippen molar-refractivity contribution in [3.05, 3.63) is 120 Å². The second-order valence-corrected chi connectivity index (χ2v) is 12.6. The third-order valence-corrected chi connectivity index (χ3v) is 7.91. The molecule has 0 saturated carbocycles. The summed E-state index contributed by atoms with van der Waals surface area (Å²) in [5.41, 5.74) is 2.52.